The van der Waals surface area contributed by atoms with Gasteiger partial charge in [0.1, 0.15) is 18.2 Å². The van der Waals surface area contributed by atoms with Crippen LogP contribution in [0.5, 0.6) is 0 Å². The molecule has 10 aromatic rings. The zero-order valence-electron chi connectivity index (χ0n) is 44.0. The lowest BCUT2D eigenvalue weighted by Gasteiger charge is -1.91. The van der Waals surface area contributed by atoms with Crippen molar-refractivity contribution in [3.05, 3.63) is 220 Å². The first kappa shape index (κ1) is 96.3. The molecule has 0 aliphatic heterocycles. The normalized spacial score (nSPS) is 6.81. The van der Waals surface area contributed by atoms with Crippen molar-refractivity contribution >= 4 is 27.9 Å². The molecule has 420 valence electrons. The summed E-state index contributed by atoms with van der Waals surface area (Å²) in [6.45, 7) is 32.0. The minimum absolute atomic E-state index is 0. The minimum atomic E-state index is 0. The fourth-order valence-electron chi connectivity index (χ4n) is 3.32. The molecular weight excluding hydrogens is 937 g/mol. The zero-order chi connectivity index (χ0) is 52.3. The zero-order valence-corrected chi connectivity index (χ0v) is 44.8. The number of fused-ring (bicyclic) bond motifs is 2. The topological polar surface area (TPSA) is 147 Å². The van der Waals surface area contributed by atoms with Crippen molar-refractivity contribution in [1.29, 1.82) is 0 Å². The predicted molar refractivity (Wildman–Crippen MR) is 334 cm³/mol. The van der Waals surface area contributed by atoms with Crippen LogP contribution in [0, 0.1) is 0 Å². The van der Waals surface area contributed by atoms with Gasteiger partial charge in [-0.25, -0.2) is 24.9 Å². The molecule has 10 rings (SSSR count). The number of pyridine rings is 3. The van der Waals surface area contributed by atoms with Gasteiger partial charge in [-0.3, -0.25) is 15.0 Å². The van der Waals surface area contributed by atoms with Crippen molar-refractivity contribution in [2.75, 3.05) is 0 Å². The molecule has 0 atom stereocenters. The van der Waals surface area contributed by atoms with Crippen LogP contribution in [0.3, 0.4) is 0 Å². The maximum absolute atomic E-state index is 4.47. The van der Waals surface area contributed by atoms with Gasteiger partial charge in [-0.15, -0.1) is 11.3 Å². The molecule has 0 N–H and O–H groups in total. The second-order valence-electron chi connectivity index (χ2n) is 9.11. The first-order valence-corrected chi connectivity index (χ1v) is 24.4. The summed E-state index contributed by atoms with van der Waals surface area (Å²) in [5.41, 5.74) is 3.85. The number of oxazole rings is 1. The van der Waals surface area contributed by atoms with Gasteiger partial charge in [0.2, 0.25) is 6.39 Å². The fourth-order valence-corrected chi connectivity index (χ4v) is 3.67. The minimum Gasteiger partial charge on any atom is -0.452 e. The van der Waals surface area contributed by atoms with Crippen molar-refractivity contribution in [3.63, 3.8) is 0 Å². The van der Waals surface area contributed by atoms with E-state index < -0.39 is 0 Å². The Morgan fingerprint density at radius 2 is 0.892 bits per heavy atom. The Labute approximate surface area is 459 Å². The lowest BCUT2D eigenvalue weighted by atomic mass is 10.2. The Balaban J connectivity index is -0.0000000570. The number of rotatable bonds is 0. The van der Waals surface area contributed by atoms with Gasteiger partial charge in [0.15, 0.2) is 12.7 Å². The smallest absolute Gasteiger partial charge is 0.213 e. The van der Waals surface area contributed by atoms with E-state index in [0.717, 1.165) is 11.2 Å². The maximum Gasteiger partial charge on any atom is 0.213 e. The summed E-state index contributed by atoms with van der Waals surface area (Å²) in [5, 5.41) is 6.37. The van der Waals surface area contributed by atoms with Gasteiger partial charge in [-0.2, -0.15) is 0 Å². The monoisotopic (exact) mass is 1040 g/mol. The van der Waals surface area contributed by atoms with Crippen LogP contribution in [0.25, 0.3) is 16.6 Å². The van der Waals surface area contributed by atoms with E-state index in [1.54, 1.807) is 66.3 Å². The molecule has 2 aromatic carbocycles. The summed E-state index contributed by atoms with van der Waals surface area (Å²) in [7, 11) is 0. The van der Waals surface area contributed by atoms with E-state index in [1.165, 1.54) is 37.1 Å². The molecule has 0 spiro atoms. The lowest BCUT2D eigenvalue weighted by molar-refractivity contribution is 0.416. The third kappa shape index (κ3) is 71.3. The van der Waals surface area contributed by atoms with Gasteiger partial charge in [-0.05, 0) is 42.5 Å². The van der Waals surface area contributed by atoms with E-state index in [0.29, 0.717) is 0 Å². The van der Waals surface area contributed by atoms with E-state index in [-0.39, 0.29) is 44.6 Å². The summed E-state index contributed by atoms with van der Waals surface area (Å²) in [4.78, 5) is 30.1. The average Bonchev–Trinajstić information content (AvgIpc) is 4.37. The van der Waals surface area contributed by atoms with Gasteiger partial charge in [0.05, 0.1) is 17.2 Å². The molecule has 0 amide bonds. The Hall–Kier alpha value is -7.25. The molecule has 13 heteroatoms. The Morgan fingerprint density at radius 3 is 1.20 bits per heavy atom. The fraction of sp³-hybridized carbons (Fsp3) is 0.361. The molecule has 0 aliphatic rings. The van der Waals surface area contributed by atoms with Crippen LogP contribution in [-0.2, 0) is 0 Å². The van der Waals surface area contributed by atoms with Gasteiger partial charge < -0.3 is 13.3 Å². The summed E-state index contributed by atoms with van der Waals surface area (Å²) in [5.74, 6) is 0. The quantitative estimate of drug-likeness (QED) is 0.143. The van der Waals surface area contributed by atoms with E-state index >= 15 is 0 Å². The van der Waals surface area contributed by atoms with Gasteiger partial charge in [0.25, 0.3) is 0 Å². The lowest BCUT2D eigenvalue weighted by Crippen LogP contribution is -1.77. The summed E-state index contributed by atoms with van der Waals surface area (Å²) in [6, 6.07) is 37.5. The molecule has 8 heterocycles. The number of hydrogen-bond acceptors (Lipinski definition) is 12. The van der Waals surface area contributed by atoms with Crippen LogP contribution in [0.4, 0.5) is 0 Å². The van der Waals surface area contributed by atoms with Crippen LogP contribution < -0.4 is 0 Å². The third-order valence-electron chi connectivity index (χ3n) is 5.50. The van der Waals surface area contributed by atoms with Crippen LogP contribution in [0.15, 0.2) is 229 Å². The number of thiazole rings is 1. The Bertz CT molecular complexity index is 1750. The van der Waals surface area contributed by atoms with Crippen molar-refractivity contribution in [1.82, 2.24) is 49.4 Å². The molecule has 0 saturated carbocycles. The molecule has 12 nitrogen and oxygen atoms in total. The SMILES string of the molecule is C.C.C.C.C.C.CC.CC.CC.CC.CC.CC.CC.CC.c1ccc2ncccc2c1.c1ccccc1.c1ccn2ccnc2c1.c1ccncc1.c1cncnc1.c1cocn1.c1cscn1.c1ncon1. The first-order valence-electron chi connectivity index (χ1n) is 23.5. The molecule has 0 saturated heterocycles. The molecule has 0 unspecified atom stereocenters. The van der Waals surface area contributed by atoms with Crippen molar-refractivity contribution < 1.29 is 8.94 Å². The first-order chi connectivity index (χ1) is 33.9. The number of imidazole rings is 1. The maximum atomic E-state index is 4.47. The Morgan fingerprint density at radius 1 is 0.378 bits per heavy atom. The van der Waals surface area contributed by atoms with E-state index in [2.05, 4.69) is 66.1 Å². The van der Waals surface area contributed by atoms with Crippen molar-refractivity contribution in [2.24, 2.45) is 0 Å². The number of benzene rings is 2. The highest BCUT2D eigenvalue weighted by Crippen LogP contribution is 2.08. The van der Waals surface area contributed by atoms with E-state index in [9.17, 15) is 0 Å². The molecular formula is C61H108N10O2S. The number of hydrogen-bond donors (Lipinski definition) is 0. The predicted octanol–water partition coefficient (Wildman–Crippen LogP) is 20.7. The number of aromatic nitrogens is 10. The van der Waals surface area contributed by atoms with Gasteiger partial charge in [-0.1, -0.05) is 233 Å². The highest BCUT2D eigenvalue weighted by Gasteiger charge is 1.87. The second-order valence-corrected chi connectivity index (χ2v) is 9.86. The molecule has 0 fully saturated rings. The number of para-hydroxylation sites is 1. The highest BCUT2D eigenvalue weighted by atomic mass is 32.1. The standard InChI is InChI=1S/C9H7N.C7H6N2.C6H6.C5H5N.C4H4N2.C3H3NO.C3H3NS.C2H2N2O.8C2H6.6CH4/c1-2-6-9-8(4-1)5-3-7-10-9;1-2-5-9-6-4-8-7(9)3-1;2*1-2-4-6-5-3-1;1-2-5-4-6-3-1;2*1-2-5-3-4-1;1-3-2-5-4-1;8*1-2;;;;;;/h1-7H;1-6H;1-6H;1-5H;1-4H;2*1-3H;1-2H;8*1-2H3;6*1H4. The van der Waals surface area contributed by atoms with Gasteiger partial charge >= 0.3 is 0 Å². The second kappa shape index (κ2) is 99.1. The summed E-state index contributed by atoms with van der Waals surface area (Å²) >= 11 is 1.60. The largest absolute Gasteiger partial charge is 0.452 e. The van der Waals surface area contributed by atoms with Crippen LogP contribution in [0.2, 0.25) is 0 Å². The molecule has 8 aromatic heterocycles. The number of nitrogens with zero attached hydrogens (tertiary/aromatic N) is 10. The van der Waals surface area contributed by atoms with E-state index in [1.807, 2.05) is 236 Å². The summed E-state index contributed by atoms with van der Waals surface area (Å²) in [6.07, 6.45) is 24.7. The summed E-state index contributed by atoms with van der Waals surface area (Å²) < 4.78 is 10.7. The third-order valence-corrected chi connectivity index (χ3v) is 6.02. The average molecular weight is 1050 g/mol. The molecule has 74 heavy (non-hydrogen) atoms. The van der Waals surface area contributed by atoms with Gasteiger partial charge in [0, 0.05) is 66.5 Å². The molecule has 0 aliphatic carbocycles. The van der Waals surface area contributed by atoms with E-state index in [4.69, 9.17) is 0 Å². The van der Waals surface area contributed by atoms with Crippen molar-refractivity contribution in [3.8, 4) is 0 Å². The molecule has 0 radical (unpaired) electrons. The van der Waals surface area contributed by atoms with Crippen LogP contribution >= 0.6 is 11.3 Å². The molecule has 0 bridgehead atoms. The Kier molecular flexibility index (Phi) is 129. The highest BCUT2D eigenvalue weighted by molar-refractivity contribution is 7.07. The van der Waals surface area contributed by atoms with Crippen molar-refractivity contribution in [2.45, 2.75) is 155 Å². The van der Waals surface area contributed by atoms with Crippen LogP contribution in [0.1, 0.15) is 155 Å². The van der Waals surface area contributed by atoms with Crippen LogP contribution in [-0.4, -0.2) is 49.4 Å².